The molecule has 0 amide bonds. The average Bonchev–Trinajstić information content (AvgIpc) is 3.32. The predicted molar refractivity (Wildman–Crippen MR) is 168 cm³/mol. The zero-order chi connectivity index (χ0) is 32.6. The van der Waals surface area contributed by atoms with Crippen LogP contribution in [0.15, 0.2) is 23.8 Å². The van der Waals surface area contributed by atoms with Crippen LogP contribution in [0.4, 0.5) is 0 Å². The maximum Gasteiger partial charge on any atom is 0.186 e. The van der Waals surface area contributed by atoms with Gasteiger partial charge in [-0.25, -0.2) is 0 Å². The molecule has 5 rings (SSSR count). The van der Waals surface area contributed by atoms with Crippen LogP contribution in [0, 0.1) is 45.3 Å². The first-order chi connectivity index (χ1) is 20.4. The maximum atomic E-state index is 12.0. The number of rotatable bonds is 7. The summed E-state index contributed by atoms with van der Waals surface area (Å²) in [5.41, 5.74) is 1.32. The molecule has 6 N–H and O–H groups in total. The Morgan fingerprint density at radius 1 is 0.932 bits per heavy atom. The molecule has 1 aliphatic heterocycles. The van der Waals surface area contributed by atoms with E-state index in [-0.39, 0.29) is 39.9 Å². The molecule has 0 aromatic heterocycles. The first-order valence-electron chi connectivity index (χ1n) is 17.1. The zero-order valence-electron chi connectivity index (χ0n) is 28.1. The molecule has 252 valence electrons. The molecule has 1 unspecified atom stereocenters. The molecule has 8 heteroatoms. The van der Waals surface area contributed by atoms with Crippen molar-refractivity contribution >= 4 is 0 Å². The van der Waals surface area contributed by atoms with Crippen LogP contribution in [-0.2, 0) is 9.47 Å². The molecule has 0 radical (unpaired) electrons. The lowest BCUT2D eigenvalue weighted by Crippen LogP contribution is -2.70. The smallest absolute Gasteiger partial charge is 0.186 e. The second kappa shape index (κ2) is 12.0. The molecule has 4 saturated carbocycles. The molecule has 15 atom stereocenters. The largest absolute Gasteiger partial charge is 0.394 e. The average molecular weight is 621 g/mol. The molecular formula is C36H60O8. The summed E-state index contributed by atoms with van der Waals surface area (Å²) in [7, 11) is 0. The van der Waals surface area contributed by atoms with E-state index < -0.39 is 61.0 Å². The minimum absolute atomic E-state index is 0.0817. The molecule has 1 heterocycles. The van der Waals surface area contributed by atoms with Gasteiger partial charge in [0, 0.05) is 0 Å². The van der Waals surface area contributed by atoms with Gasteiger partial charge in [-0.15, -0.1) is 0 Å². The standard InChI is InChI=1S/C36H60O8/c1-19(2)10-9-11-20(3)21-12-15-35(7)27(21)22(38)16-25-34(6)14-13-26(39)33(4,5)31(34)23(17-36(25,35)8)43-32-30(42)29(41)28(40)24(18-37)44-32/h10,21-32,37-42H,3,9,11-18H2,1-2,4-8H3/t21-,22-,23?,24-,25-,26+,27+,28-,29+,30-,31+,32-,34-,35-,36-/m1/s1. The summed E-state index contributed by atoms with van der Waals surface area (Å²) in [6.07, 6.45) is 0.758. The van der Waals surface area contributed by atoms with Gasteiger partial charge in [0.1, 0.15) is 24.4 Å². The van der Waals surface area contributed by atoms with Crippen molar-refractivity contribution in [1.29, 1.82) is 0 Å². The maximum absolute atomic E-state index is 12.0. The second-order valence-corrected chi connectivity index (χ2v) is 16.8. The summed E-state index contributed by atoms with van der Waals surface area (Å²) in [5.74, 6) is 0.402. The van der Waals surface area contributed by atoms with Crippen molar-refractivity contribution in [3.05, 3.63) is 23.8 Å². The highest BCUT2D eigenvalue weighted by molar-refractivity contribution is 5.24. The molecule has 0 aromatic carbocycles. The zero-order valence-corrected chi connectivity index (χ0v) is 28.1. The molecular weight excluding hydrogens is 560 g/mol. The molecule has 4 aliphatic carbocycles. The summed E-state index contributed by atoms with van der Waals surface area (Å²) in [4.78, 5) is 0. The molecule has 44 heavy (non-hydrogen) atoms. The van der Waals surface area contributed by atoms with Crippen LogP contribution in [0.2, 0.25) is 0 Å². The van der Waals surface area contributed by atoms with E-state index in [2.05, 4.69) is 61.1 Å². The minimum atomic E-state index is -1.52. The highest BCUT2D eigenvalue weighted by Gasteiger charge is 2.72. The van der Waals surface area contributed by atoms with Gasteiger partial charge in [-0.05, 0) is 111 Å². The highest BCUT2D eigenvalue weighted by Crippen LogP contribution is 2.76. The van der Waals surface area contributed by atoms with Gasteiger partial charge in [0.15, 0.2) is 6.29 Å². The van der Waals surface area contributed by atoms with E-state index in [0.717, 1.165) is 32.1 Å². The van der Waals surface area contributed by atoms with Gasteiger partial charge < -0.3 is 40.1 Å². The van der Waals surface area contributed by atoms with Gasteiger partial charge in [-0.2, -0.15) is 0 Å². The third-order valence-corrected chi connectivity index (χ3v) is 13.9. The Hall–Kier alpha value is -0.840. The highest BCUT2D eigenvalue weighted by atomic mass is 16.7. The van der Waals surface area contributed by atoms with Crippen molar-refractivity contribution in [2.75, 3.05) is 6.61 Å². The van der Waals surface area contributed by atoms with Gasteiger partial charge in [0.25, 0.3) is 0 Å². The molecule has 1 saturated heterocycles. The van der Waals surface area contributed by atoms with Crippen molar-refractivity contribution < 1.29 is 40.1 Å². The SMILES string of the molecule is C=C(CCC=C(C)C)[C@H]1CC[C@]2(C)[C@@H]1[C@H](O)C[C@@H]1[C@@]3(C)CC[C@H](O)C(C)(C)[C@@H]3C(O[C@@H]3O[C@H](CO)[C@@H](O)[C@H](O)[C@H]3O)C[C@]12C. The van der Waals surface area contributed by atoms with E-state index in [9.17, 15) is 30.6 Å². The summed E-state index contributed by atoms with van der Waals surface area (Å²) >= 11 is 0. The first-order valence-corrected chi connectivity index (χ1v) is 17.1. The Balaban J connectivity index is 1.53. The van der Waals surface area contributed by atoms with E-state index in [1.807, 2.05) is 0 Å². The minimum Gasteiger partial charge on any atom is -0.394 e. The number of allylic oxidation sites excluding steroid dienone is 3. The van der Waals surface area contributed by atoms with E-state index in [4.69, 9.17) is 9.47 Å². The van der Waals surface area contributed by atoms with Crippen molar-refractivity contribution in [1.82, 2.24) is 0 Å². The third kappa shape index (κ3) is 5.18. The van der Waals surface area contributed by atoms with Crippen LogP contribution in [-0.4, -0.2) is 86.3 Å². The van der Waals surface area contributed by atoms with Crippen molar-refractivity contribution in [3.63, 3.8) is 0 Å². The Morgan fingerprint density at radius 2 is 1.61 bits per heavy atom. The van der Waals surface area contributed by atoms with Gasteiger partial charge in [-0.1, -0.05) is 58.4 Å². The monoisotopic (exact) mass is 620 g/mol. The Kier molecular flexibility index (Phi) is 9.40. The number of ether oxygens (including phenoxy) is 2. The van der Waals surface area contributed by atoms with Gasteiger partial charge in [0.2, 0.25) is 0 Å². The van der Waals surface area contributed by atoms with Crippen LogP contribution >= 0.6 is 0 Å². The van der Waals surface area contributed by atoms with E-state index in [0.29, 0.717) is 19.3 Å². The van der Waals surface area contributed by atoms with Gasteiger partial charge in [-0.3, -0.25) is 0 Å². The lowest BCUT2D eigenvalue weighted by molar-refractivity contribution is -0.346. The van der Waals surface area contributed by atoms with Gasteiger partial charge in [0.05, 0.1) is 24.9 Å². The summed E-state index contributed by atoms with van der Waals surface area (Å²) in [6.45, 7) is 19.5. The van der Waals surface area contributed by atoms with Crippen molar-refractivity contribution in [2.45, 2.75) is 149 Å². The lowest BCUT2D eigenvalue weighted by atomic mass is 9.34. The number of aliphatic hydroxyl groups is 6. The Bertz CT molecular complexity index is 1100. The van der Waals surface area contributed by atoms with Crippen LogP contribution < -0.4 is 0 Å². The van der Waals surface area contributed by atoms with Crippen LogP contribution in [0.5, 0.6) is 0 Å². The number of hydrogen-bond donors (Lipinski definition) is 6. The fourth-order valence-corrected chi connectivity index (χ4v) is 11.6. The van der Waals surface area contributed by atoms with Crippen LogP contribution in [0.3, 0.4) is 0 Å². The van der Waals surface area contributed by atoms with Crippen LogP contribution in [0.1, 0.15) is 99.8 Å². The predicted octanol–water partition coefficient (Wildman–Crippen LogP) is 4.10. The fourth-order valence-electron chi connectivity index (χ4n) is 11.6. The number of fused-ring (bicyclic) bond motifs is 5. The van der Waals surface area contributed by atoms with Crippen molar-refractivity contribution in [2.24, 2.45) is 45.3 Å². The summed E-state index contributed by atoms with van der Waals surface area (Å²) in [6, 6.07) is 0. The van der Waals surface area contributed by atoms with E-state index in [1.165, 1.54) is 11.1 Å². The third-order valence-electron chi connectivity index (χ3n) is 13.9. The number of hydrogen-bond acceptors (Lipinski definition) is 8. The summed E-state index contributed by atoms with van der Waals surface area (Å²) in [5, 5.41) is 65.2. The lowest BCUT2D eigenvalue weighted by Gasteiger charge is -2.72. The topological polar surface area (TPSA) is 140 Å². The van der Waals surface area contributed by atoms with Crippen LogP contribution in [0.25, 0.3) is 0 Å². The summed E-state index contributed by atoms with van der Waals surface area (Å²) < 4.78 is 12.6. The molecule has 5 fully saturated rings. The molecule has 0 aromatic rings. The van der Waals surface area contributed by atoms with E-state index >= 15 is 0 Å². The second-order valence-electron chi connectivity index (χ2n) is 16.8. The van der Waals surface area contributed by atoms with E-state index in [1.54, 1.807) is 0 Å². The first kappa shape index (κ1) is 34.5. The quantitative estimate of drug-likeness (QED) is 0.185. The normalized spacial score (nSPS) is 51.6. The molecule has 0 spiro atoms. The van der Waals surface area contributed by atoms with Gasteiger partial charge >= 0.3 is 0 Å². The molecule has 8 nitrogen and oxygen atoms in total. The Labute approximate surface area is 264 Å². The number of aliphatic hydroxyl groups excluding tert-OH is 6. The Morgan fingerprint density at radius 3 is 2.25 bits per heavy atom. The fraction of sp³-hybridized carbons (Fsp3) is 0.889. The molecule has 5 aliphatic rings. The molecule has 0 bridgehead atoms. The van der Waals surface area contributed by atoms with Crippen molar-refractivity contribution in [3.8, 4) is 0 Å².